The van der Waals surface area contributed by atoms with Gasteiger partial charge < -0.3 is 10.1 Å². The number of nitrogens with zero attached hydrogens (tertiary/aromatic N) is 1. The lowest BCUT2D eigenvalue weighted by atomic mass is 9.80. The van der Waals surface area contributed by atoms with Crippen LogP contribution in [-0.4, -0.2) is 17.6 Å². The average molecular weight is 294 g/mol. The van der Waals surface area contributed by atoms with E-state index in [1.165, 1.54) is 0 Å². The highest BCUT2D eigenvalue weighted by molar-refractivity contribution is 5.23. The van der Waals surface area contributed by atoms with E-state index >= 15 is 0 Å². The quantitative estimate of drug-likeness (QED) is 0.807. The van der Waals surface area contributed by atoms with E-state index in [1.54, 1.807) is 12.3 Å². The van der Waals surface area contributed by atoms with Crippen molar-refractivity contribution in [3.63, 3.8) is 0 Å². The topological polar surface area (TPSA) is 34.2 Å². The van der Waals surface area contributed by atoms with Crippen LogP contribution in [0.1, 0.15) is 52.0 Å². The van der Waals surface area contributed by atoms with Crippen molar-refractivity contribution < 1.29 is 9.13 Å². The smallest absolute Gasteiger partial charge is 0.250 e. The summed E-state index contributed by atoms with van der Waals surface area (Å²) in [5.41, 5.74) is 0.630. The molecule has 1 aliphatic rings. The standard InChI is InChI=1S/C17H27FN2O/c1-4-8-19-11-14-7-9-20-17(16(14)18)21-15-6-5-12(2)13(3)10-15/h7,9,12-13,15,19H,4-6,8,10-11H2,1-3H3. The summed E-state index contributed by atoms with van der Waals surface area (Å²) in [5.74, 6) is 1.21. The van der Waals surface area contributed by atoms with Crippen LogP contribution >= 0.6 is 0 Å². The summed E-state index contributed by atoms with van der Waals surface area (Å²) in [5, 5.41) is 3.21. The zero-order chi connectivity index (χ0) is 15.2. The third-order valence-corrected chi connectivity index (χ3v) is 4.51. The first kappa shape index (κ1) is 16.2. The van der Waals surface area contributed by atoms with E-state index in [1.807, 2.05) is 0 Å². The van der Waals surface area contributed by atoms with Gasteiger partial charge in [-0.1, -0.05) is 20.8 Å². The lowest BCUT2D eigenvalue weighted by Crippen LogP contribution is -2.29. The SMILES string of the molecule is CCCNCc1ccnc(OC2CCC(C)C(C)C2)c1F. The summed E-state index contributed by atoms with van der Waals surface area (Å²) in [6, 6.07) is 1.72. The summed E-state index contributed by atoms with van der Waals surface area (Å²) in [6.45, 7) is 8.02. The molecular formula is C17H27FN2O. The molecule has 2 rings (SSSR count). The molecule has 3 unspecified atom stereocenters. The molecular weight excluding hydrogens is 267 g/mol. The van der Waals surface area contributed by atoms with Crippen LogP contribution in [0.15, 0.2) is 12.3 Å². The second kappa shape index (κ2) is 7.74. The van der Waals surface area contributed by atoms with E-state index < -0.39 is 0 Å². The molecule has 0 amide bonds. The Bertz CT molecular complexity index is 452. The van der Waals surface area contributed by atoms with Gasteiger partial charge in [0.25, 0.3) is 5.88 Å². The van der Waals surface area contributed by atoms with E-state index in [4.69, 9.17) is 4.74 Å². The monoisotopic (exact) mass is 294 g/mol. The van der Waals surface area contributed by atoms with E-state index in [-0.39, 0.29) is 17.8 Å². The summed E-state index contributed by atoms with van der Waals surface area (Å²) in [6.07, 6.45) is 5.89. The Morgan fingerprint density at radius 3 is 2.86 bits per heavy atom. The fourth-order valence-electron chi connectivity index (χ4n) is 2.84. The predicted octanol–water partition coefficient (Wildman–Crippen LogP) is 3.92. The van der Waals surface area contributed by atoms with Crippen LogP contribution in [0.5, 0.6) is 5.88 Å². The number of halogens is 1. The fraction of sp³-hybridized carbons (Fsp3) is 0.706. The third kappa shape index (κ3) is 4.40. The van der Waals surface area contributed by atoms with Crippen LogP contribution in [0.3, 0.4) is 0 Å². The minimum Gasteiger partial charge on any atom is -0.472 e. The van der Waals surface area contributed by atoms with Gasteiger partial charge in [0.1, 0.15) is 6.10 Å². The van der Waals surface area contributed by atoms with Gasteiger partial charge >= 0.3 is 0 Å². The first-order valence-electron chi connectivity index (χ1n) is 8.12. The Morgan fingerprint density at radius 1 is 1.33 bits per heavy atom. The molecule has 1 aliphatic carbocycles. The second-order valence-electron chi connectivity index (χ2n) is 6.27. The van der Waals surface area contributed by atoms with Crippen molar-refractivity contribution in [3.8, 4) is 5.88 Å². The molecule has 118 valence electrons. The van der Waals surface area contributed by atoms with Gasteiger partial charge in [-0.15, -0.1) is 0 Å². The molecule has 1 fully saturated rings. The number of hydrogen-bond donors (Lipinski definition) is 1. The Kier molecular flexibility index (Phi) is 5.97. The molecule has 0 bridgehead atoms. The van der Waals surface area contributed by atoms with Crippen LogP contribution in [0.2, 0.25) is 0 Å². The molecule has 3 atom stereocenters. The number of ether oxygens (including phenoxy) is 1. The van der Waals surface area contributed by atoms with Crippen LogP contribution in [0.25, 0.3) is 0 Å². The third-order valence-electron chi connectivity index (χ3n) is 4.51. The van der Waals surface area contributed by atoms with E-state index in [2.05, 4.69) is 31.1 Å². The molecule has 1 saturated carbocycles. The highest BCUT2D eigenvalue weighted by Gasteiger charge is 2.27. The van der Waals surface area contributed by atoms with Crippen molar-refractivity contribution in [2.75, 3.05) is 6.54 Å². The van der Waals surface area contributed by atoms with Gasteiger partial charge in [0.2, 0.25) is 0 Å². The van der Waals surface area contributed by atoms with Gasteiger partial charge in [0, 0.05) is 18.3 Å². The maximum absolute atomic E-state index is 14.4. The number of nitrogens with one attached hydrogen (secondary N) is 1. The van der Waals surface area contributed by atoms with Crippen molar-refractivity contribution in [1.29, 1.82) is 0 Å². The molecule has 0 saturated heterocycles. The van der Waals surface area contributed by atoms with Gasteiger partial charge in [-0.25, -0.2) is 9.37 Å². The zero-order valence-electron chi connectivity index (χ0n) is 13.4. The van der Waals surface area contributed by atoms with Gasteiger partial charge in [-0.3, -0.25) is 0 Å². The molecule has 0 spiro atoms. The summed E-state index contributed by atoms with van der Waals surface area (Å²) >= 11 is 0. The van der Waals surface area contributed by atoms with Crippen LogP contribution in [-0.2, 0) is 6.54 Å². The molecule has 1 N–H and O–H groups in total. The highest BCUT2D eigenvalue weighted by Crippen LogP contribution is 2.32. The van der Waals surface area contributed by atoms with Crippen molar-refractivity contribution in [3.05, 3.63) is 23.6 Å². The molecule has 1 heterocycles. The van der Waals surface area contributed by atoms with Gasteiger partial charge in [0.05, 0.1) is 0 Å². The maximum Gasteiger partial charge on any atom is 0.250 e. The Labute approximate surface area is 127 Å². The molecule has 0 aliphatic heterocycles. The van der Waals surface area contributed by atoms with Gasteiger partial charge in [0.15, 0.2) is 5.82 Å². The van der Waals surface area contributed by atoms with E-state index in [0.717, 1.165) is 38.1 Å². The molecule has 0 radical (unpaired) electrons. The predicted molar refractivity (Wildman–Crippen MR) is 82.8 cm³/mol. The molecule has 1 aromatic heterocycles. The molecule has 3 nitrogen and oxygen atoms in total. The highest BCUT2D eigenvalue weighted by atomic mass is 19.1. The molecule has 21 heavy (non-hydrogen) atoms. The fourth-order valence-corrected chi connectivity index (χ4v) is 2.84. The number of aromatic nitrogens is 1. The van der Waals surface area contributed by atoms with Crippen molar-refractivity contribution >= 4 is 0 Å². The molecule has 4 heteroatoms. The van der Waals surface area contributed by atoms with Crippen LogP contribution in [0.4, 0.5) is 4.39 Å². The summed E-state index contributed by atoms with van der Waals surface area (Å²) in [7, 11) is 0. The zero-order valence-corrected chi connectivity index (χ0v) is 13.4. The Balaban J connectivity index is 1.98. The van der Waals surface area contributed by atoms with E-state index in [0.29, 0.717) is 18.0 Å². The number of hydrogen-bond acceptors (Lipinski definition) is 3. The first-order chi connectivity index (χ1) is 10.1. The minimum absolute atomic E-state index is 0.0945. The van der Waals surface area contributed by atoms with Crippen molar-refractivity contribution in [1.82, 2.24) is 10.3 Å². The van der Waals surface area contributed by atoms with Gasteiger partial charge in [-0.2, -0.15) is 0 Å². The summed E-state index contributed by atoms with van der Waals surface area (Å²) in [4.78, 5) is 4.08. The lowest BCUT2D eigenvalue weighted by Gasteiger charge is -2.32. The number of rotatable bonds is 6. The molecule has 0 aromatic carbocycles. The van der Waals surface area contributed by atoms with Crippen LogP contribution in [0, 0.1) is 17.7 Å². The largest absolute Gasteiger partial charge is 0.472 e. The second-order valence-corrected chi connectivity index (χ2v) is 6.27. The van der Waals surface area contributed by atoms with E-state index in [9.17, 15) is 4.39 Å². The minimum atomic E-state index is -0.313. The van der Waals surface area contributed by atoms with Crippen molar-refractivity contribution in [2.24, 2.45) is 11.8 Å². The maximum atomic E-state index is 14.4. The average Bonchev–Trinajstić information content (AvgIpc) is 2.47. The Morgan fingerprint density at radius 2 is 2.14 bits per heavy atom. The Hall–Kier alpha value is -1.16. The molecule has 1 aromatic rings. The van der Waals surface area contributed by atoms with Crippen LogP contribution < -0.4 is 10.1 Å². The van der Waals surface area contributed by atoms with Gasteiger partial charge in [-0.05, 0) is 50.1 Å². The first-order valence-corrected chi connectivity index (χ1v) is 8.12. The van der Waals surface area contributed by atoms with Crippen molar-refractivity contribution in [2.45, 2.75) is 59.1 Å². The summed E-state index contributed by atoms with van der Waals surface area (Å²) < 4.78 is 20.2. The lowest BCUT2D eigenvalue weighted by molar-refractivity contribution is 0.0920. The number of pyridine rings is 1. The normalized spacial score (nSPS) is 25.8.